The number of rotatable bonds is 7. The minimum absolute atomic E-state index is 0.113. The van der Waals surface area contributed by atoms with E-state index >= 15 is 0 Å². The molecule has 2 aromatic carbocycles. The zero-order chi connectivity index (χ0) is 21.8. The van der Waals surface area contributed by atoms with Gasteiger partial charge >= 0.3 is 0 Å². The molecule has 4 rings (SSSR count). The van der Waals surface area contributed by atoms with Gasteiger partial charge in [-0.2, -0.15) is 0 Å². The third-order valence-electron chi connectivity index (χ3n) is 5.52. The third kappa shape index (κ3) is 4.67. The summed E-state index contributed by atoms with van der Waals surface area (Å²) >= 11 is 0. The van der Waals surface area contributed by atoms with Crippen molar-refractivity contribution in [3.8, 4) is 22.5 Å². The number of aromatic amines is 1. The second-order valence-corrected chi connectivity index (χ2v) is 7.61. The van der Waals surface area contributed by atoms with Gasteiger partial charge in [-0.3, -0.25) is 9.59 Å². The van der Waals surface area contributed by atoms with Gasteiger partial charge in [0, 0.05) is 29.9 Å². The molecule has 3 aromatic rings. The quantitative estimate of drug-likeness (QED) is 0.473. The number of carbonyl (C=O) groups is 2. The highest BCUT2D eigenvalue weighted by Crippen LogP contribution is 2.32. The molecular formula is C24H24FN3O3. The first kappa shape index (κ1) is 20.8. The Morgan fingerprint density at radius 3 is 2.61 bits per heavy atom. The fraction of sp³-hybridized carbons (Fsp3) is 0.250. The molecular weight excluding hydrogens is 397 g/mol. The van der Waals surface area contributed by atoms with Gasteiger partial charge in [-0.25, -0.2) is 4.39 Å². The molecule has 4 N–H and O–H groups in total. The molecule has 1 aromatic heterocycles. The predicted molar refractivity (Wildman–Crippen MR) is 115 cm³/mol. The normalized spacial score (nSPS) is 15.7. The van der Waals surface area contributed by atoms with E-state index in [1.165, 1.54) is 12.1 Å². The lowest BCUT2D eigenvalue weighted by molar-refractivity contribution is -0.127. The lowest BCUT2D eigenvalue weighted by atomic mass is 9.99. The molecule has 1 saturated heterocycles. The summed E-state index contributed by atoms with van der Waals surface area (Å²) in [6.45, 7) is 0.461. The average Bonchev–Trinajstić information content (AvgIpc) is 3.39. The van der Waals surface area contributed by atoms with Crippen molar-refractivity contribution in [2.75, 3.05) is 6.54 Å². The number of halogens is 1. The molecule has 7 heteroatoms. The lowest BCUT2D eigenvalue weighted by Gasteiger charge is -2.11. The molecule has 1 unspecified atom stereocenters. The Labute approximate surface area is 179 Å². The van der Waals surface area contributed by atoms with E-state index in [4.69, 9.17) is 0 Å². The van der Waals surface area contributed by atoms with Gasteiger partial charge in [-0.05, 0) is 59.9 Å². The number of hydrogen-bond acceptors (Lipinski definition) is 3. The first-order chi connectivity index (χ1) is 15.0. The Morgan fingerprint density at radius 2 is 1.90 bits per heavy atom. The summed E-state index contributed by atoms with van der Waals surface area (Å²) in [4.78, 5) is 27.5. The SMILES string of the molecule is O=C(CCc1cc(-c2ccc(F)cc2)[nH]c1-c1ccccc1CO)NC1CCNC1=O. The zero-order valence-corrected chi connectivity index (χ0v) is 17.0. The van der Waals surface area contributed by atoms with Crippen LogP contribution in [0.5, 0.6) is 0 Å². The summed E-state index contributed by atoms with van der Waals surface area (Å²) < 4.78 is 13.3. The molecule has 0 spiro atoms. The Hall–Kier alpha value is -3.45. The molecule has 2 amide bonds. The molecule has 160 valence electrons. The van der Waals surface area contributed by atoms with E-state index in [0.717, 1.165) is 33.6 Å². The van der Waals surface area contributed by atoms with E-state index in [1.54, 1.807) is 12.1 Å². The maximum atomic E-state index is 13.3. The first-order valence-corrected chi connectivity index (χ1v) is 10.3. The van der Waals surface area contributed by atoms with Crippen molar-refractivity contribution in [2.45, 2.75) is 31.9 Å². The van der Waals surface area contributed by atoms with Gasteiger partial charge in [0.15, 0.2) is 0 Å². The van der Waals surface area contributed by atoms with Crippen LogP contribution in [-0.2, 0) is 22.6 Å². The Bertz CT molecular complexity index is 1090. The van der Waals surface area contributed by atoms with Gasteiger partial charge in [0.2, 0.25) is 11.8 Å². The van der Waals surface area contributed by atoms with Gasteiger partial charge in [-0.1, -0.05) is 24.3 Å². The van der Waals surface area contributed by atoms with Gasteiger partial charge in [-0.15, -0.1) is 0 Å². The molecule has 0 saturated carbocycles. The smallest absolute Gasteiger partial charge is 0.242 e. The van der Waals surface area contributed by atoms with E-state index in [9.17, 15) is 19.1 Å². The number of nitrogens with one attached hydrogen (secondary N) is 3. The Balaban J connectivity index is 1.61. The summed E-state index contributed by atoms with van der Waals surface area (Å²) in [5.74, 6) is -0.645. The second-order valence-electron chi connectivity index (χ2n) is 7.61. The molecule has 0 radical (unpaired) electrons. The number of carbonyl (C=O) groups excluding carboxylic acids is 2. The summed E-state index contributed by atoms with van der Waals surface area (Å²) in [7, 11) is 0. The number of benzene rings is 2. The van der Waals surface area contributed by atoms with Crippen LogP contribution in [0.3, 0.4) is 0 Å². The van der Waals surface area contributed by atoms with E-state index in [1.807, 2.05) is 30.3 Å². The molecule has 1 atom stereocenters. The number of hydrogen-bond donors (Lipinski definition) is 4. The molecule has 2 heterocycles. The molecule has 0 aliphatic carbocycles. The number of amides is 2. The van der Waals surface area contributed by atoms with Gasteiger partial charge in [0.1, 0.15) is 11.9 Å². The molecule has 6 nitrogen and oxygen atoms in total. The van der Waals surface area contributed by atoms with Gasteiger partial charge < -0.3 is 20.7 Å². The van der Waals surface area contributed by atoms with Crippen LogP contribution >= 0.6 is 0 Å². The van der Waals surface area contributed by atoms with E-state index in [0.29, 0.717) is 19.4 Å². The lowest BCUT2D eigenvalue weighted by Crippen LogP contribution is -2.40. The van der Waals surface area contributed by atoms with E-state index in [2.05, 4.69) is 15.6 Å². The summed E-state index contributed by atoms with van der Waals surface area (Å²) in [6, 6.07) is 15.2. The number of H-pyrrole nitrogens is 1. The van der Waals surface area contributed by atoms with E-state index < -0.39 is 6.04 Å². The molecule has 0 bridgehead atoms. The maximum Gasteiger partial charge on any atom is 0.242 e. The van der Waals surface area contributed by atoms with Crippen molar-refractivity contribution < 1.29 is 19.1 Å². The highest BCUT2D eigenvalue weighted by Gasteiger charge is 2.25. The topological polar surface area (TPSA) is 94.2 Å². The highest BCUT2D eigenvalue weighted by molar-refractivity contribution is 5.89. The van der Waals surface area contributed by atoms with Crippen molar-refractivity contribution in [1.29, 1.82) is 0 Å². The van der Waals surface area contributed by atoms with Crippen molar-refractivity contribution in [3.05, 3.63) is 71.5 Å². The summed E-state index contributed by atoms with van der Waals surface area (Å²) in [5, 5.41) is 15.3. The van der Waals surface area contributed by atoms with Crippen LogP contribution < -0.4 is 10.6 Å². The number of aliphatic hydroxyl groups excluding tert-OH is 1. The van der Waals surface area contributed by atoms with Crippen LogP contribution in [0.15, 0.2) is 54.6 Å². The van der Waals surface area contributed by atoms with Crippen molar-refractivity contribution in [1.82, 2.24) is 15.6 Å². The average molecular weight is 421 g/mol. The minimum Gasteiger partial charge on any atom is -0.392 e. The fourth-order valence-corrected chi connectivity index (χ4v) is 3.87. The molecule has 1 aliphatic heterocycles. The van der Waals surface area contributed by atoms with Crippen molar-refractivity contribution in [3.63, 3.8) is 0 Å². The van der Waals surface area contributed by atoms with Crippen LogP contribution in [-0.4, -0.2) is 34.5 Å². The van der Waals surface area contributed by atoms with Crippen LogP contribution in [0.1, 0.15) is 24.0 Å². The maximum absolute atomic E-state index is 13.3. The number of aliphatic hydroxyl groups is 1. The molecule has 1 fully saturated rings. The largest absolute Gasteiger partial charge is 0.392 e. The number of aryl methyl sites for hydroxylation is 1. The van der Waals surface area contributed by atoms with Gasteiger partial charge in [0.05, 0.1) is 6.61 Å². The minimum atomic E-state index is -0.469. The van der Waals surface area contributed by atoms with Crippen molar-refractivity contribution >= 4 is 11.8 Å². The van der Waals surface area contributed by atoms with Crippen molar-refractivity contribution in [2.24, 2.45) is 0 Å². The number of aromatic nitrogens is 1. The molecule has 1 aliphatic rings. The Kier molecular flexibility index (Phi) is 6.13. The monoisotopic (exact) mass is 421 g/mol. The van der Waals surface area contributed by atoms with E-state index in [-0.39, 0.29) is 30.7 Å². The standard InChI is InChI=1S/C24H24FN3O3/c25-18-8-5-15(6-9-18)21-13-16(7-10-22(30)27-20-11-12-26-24(20)31)23(28-21)19-4-2-1-3-17(19)14-29/h1-6,8-9,13,20,28-29H,7,10-12,14H2,(H,26,31)(H,27,30). The third-order valence-corrected chi connectivity index (χ3v) is 5.52. The fourth-order valence-electron chi connectivity index (χ4n) is 3.87. The predicted octanol–water partition coefficient (Wildman–Crippen LogP) is 2.92. The zero-order valence-electron chi connectivity index (χ0n) is 17.0. The van der Waals surface area contributed by atoms with Gasteiger partial charge in [0.25, 0.3) is 0 Å². The summed E-state index contributed by atoms with van der Waals surface area (Å²) in [6.07, 6.45) is 1.27. The van der Waals surface area contributed by atoms with Crippen LogP contribution in [0.2, 0.25) is 0 Å². The Morgan fingerprint density at radius 1 is 1.13 bits per heavy atom. The van der Waals surface area contributed by atoms with Crippen LogP contribution in [0, 0.1) is 5.82 Å². The highest BCUT2D eigenvalue weighted by atomic mass is 19.1. The second kappa shape index (κ2) is 9.14. The van der Waals surface area contributed by atoms with Crippen LogP contribution in [0.4, 0.5) is 4.39 Å². The summed E-state index contributed by atoms with van der Waals surface area (Å²) in [5.41, 5.74) is 4.96. The first-order valence-electron chi connectivity index (χ1n) is 10.3. The molecule has 31 heavy (non-hydrogen) atoms. The van der Waals surface area contributed by atoms with Crippen LogP contribution in [0.25, 0.3) is 22.5 Å².